The van der Waals surface area contributed by atoms with Crippen molar-refractivity contribution in [3.8, 4) is 5.75 Å². The summed E-state index contributed by atoms with van der Waals surface area (Å²) in [5.74, 6) is 0.366. The highest BCUT2D eigenvalue weighted by atomic mass is 32.2. The molecule has 0 bridgehead atoms. The molecule has 1 aromatic heterocycles. The zero-order valence-electron chi connectivity index (χ0n) is 16.2. The van der Waals surface area contributed by atoms with Crippen LogP contribution in [0.1, 0.15) is 24.0 Å². The molecule has 1 aliphatic rings. The van der Waals surface area contributed by atoms with Crippen molar-refractivity contribution in [3.05, 3.63) is 46.8 Å². The predicted molar refractivity (Wildman–Crippen MR) is 110 cm³/mol. The molecule has 0 aliphatic carbocycles. The maximum absolute atomic E-state index is 12.7. The summed E-state index contributed by atoms with van der Waals surface area (Å²) in [7, 11) is -3.51. The van der Waals surface area contributed by atoms with Crippen molar-refractivity contribution in [1.29, 1.82) is 0 Å². The molecule has 28 heavy (non-hydrogen) atoms. The van der Waals surface area contributed by atoms with E-state index in [0.29, 0.717) is 36.7 Å². The summed E-state index contributed by atoms with van der Waals surface area (Å²) in [6.45, 7) is 5.47. The minimum atomic E-state index is -3.51. The first kappa shape index (κ1) is 20.8. The molecule has 0 saturated carbocycles. The first-order chi connectivity index (χ1) is 13.4. The maximum Gasteiger partial charge on any atom is 0.252 e. The second kappa shape index (κ2) is 9.07. The Morgan fingerprint density at radius 1 is 1.32 bits per heavy atom. The summed E-state index contributed by atoms with van der Waals surface area (Å²) >= 11 is 1.20. The van der Waals surface area contributed by atoms with Crippen LogP contribution in [-0.4, -0.2) is 44.9 Å². The lowest BCUT2D eigenvalue weighted by Crippen LogP contribution is -2.45. The molecule has 1 saturated heterocycles. The van der Waals surface area contributed by atoms with Crippen molar-refractivity contribution < 1.29 is 17.9 Å². The van der Waals surface area contributed by atoms with Gasteiger partial charge in [-0.1, -0.05) is 23.8 Å². The fourth-order valence-electron chi connectivity index (χ4n) is 3.35. The molecular weight excluding hydrogens is 396 g/mol. The zero-order chi connectivity index (χ0) is 20.1. The Kier molecular flexibility index (Phi) is 6.74. The number of piperidine rings is 1. The molecule has 1 N–H and O–H groups in total. The van der Waals surface area contributed by atoms with E-state index in [-0.39, 0.29) is 18.4 Å². The number of carbonyl (C=O) groups is 1. The number of ether oxygens (including phenoxy) is 1. The van der Waals surface area contributed by atoms with E-state index >= 15 is 0 Å². The van der Waals surface area contributed by atoms with E-state index in [1.807, 2.05) is 26.0 Å². The van der Waals surface area contributed by atoms with Crippen molar-refractivity contribution in [1.82, 2.24) is 9.62 Å². The van der Waals surface area contributed by atoms with Gasteiger partial charge in [0.1, 0.15) is 16.6 Å². The highest BCUT2D eigenvalue weighted by Gasteiger charge is 2.33. The second-order valence-electron chi connectivity index (χ2n) is 7.04. The number of thiophene rings is 1. The van der Waals surface area contributed by atoms with E-state index in [4.69, 9.17) is 4.74 Å². The van der Waals surface area contributed by atoms with Gasteiger partial charge >= 0.3 is 0 Å². The van der Waals surface area contributed by atoms with Gasteiger partial charge in [-0.2, -0.15) is 4.31 Å². The van der Waals surface area contributed by atoms with Gasteiger partial charge in [-0.3, -0.25) is 4.79 Å². The molecule has 0 radical (unpaired) electrons. The molecule has 1 amide bonds. The second-order valence-corrected chi connectivity index (χ2v) is 10.2. The molecule has 152 valence electrons. The Morgan fingerprint density at radius 3 is 2.86 bits per heavy atom. The number of sulfonamides is 1. The van der Waals surface area contributed by atoms with E-state index < -0.39 is 10.0 Å². The predicted octanol–water partition coefficient (Wildman–Crippen LogP) is 2.96. The van der Waals surface area contributed by atoms with Gasteiger partial charge in [0.05, 0.1) is 12.5 Å². The van der Waals surface area contributed by atoms with E-state index in [1.54, 1.807) is 17.5 Å². The number of benzene rings is 1. The van der Waals surface area contributed by atoms with Crippen molar-refractivity contribution in [2.24, 2.45) is 5.92 Å². The SMILES string of the molecule is Cc1ccc(OCCNC(=O)[C@@H]2CCCN(S(=O)(=O)c3cccs3)C2)c(C)c1. The number of nitrogens with one attached hydrogen (secondary N) is 1. The Labute approximate surface area is 170 Å². The molecular formula is C20H26N2O4S2. The molecule has 1 aromatic carbocycles. The van der Waals surface area contributed by atoms with Crippen LogP contribution in [0.2, 0.25) is 0 Å². The molecule has 1 fully saturated rings. The van der Waals surface area contributed by atoms with Crippen LogP contribution < -0.4 is 10.1 Å². The largest absolute Gasteiger partial charge is 0.491 e. The van der Waals surface area contributed by atoms with Crippen molar-refractivity contribution in [2.45, 2.75) is 30.9 Å². The van der Waals surface area contributed by atoms with Gasteiger partial charge < -0.3 is 10.1 Å². The smallest absolute Gasteiger partial charge is 0.252 e. The van der Waals surface area contributed by atoms with Gasteiger partial charge in [0.15, 0.2) is 0 Å². The van der Waals surface area contributed by atoms with Crippen LogP contribution in [-0.2, 0) is 14.8 Å². The van der Waals surface area contributed by atoms with Crippen molar-refractivity contribution in [2.75, 3.05) is 26.2 Å². The molecule has 2 heterocycles. The lowest BCUT2D eigenvalue weighted by molar-refractivity contribution is -0.126. The maximum atomic E-state index is 12.7. The van der Waals surface area contributed by atoms with Gasteiger partial charge in [-0.05, 0) is 49.8 Å². The quantitative estimate of drug-likeness (QED) is 0.696. The minimum absolute atomic E-state index is 0.115. The third-order valence-electron chi connectivity index (χ3n) is 4.83. The minimum Gasteiger partial charge on any atom is -0.491 e. The zero-order valence-corrected chi connectivity index (χ0v) is 17.8. The summed E-state index contributed by atoms with van der Waals surface area (Å²) in [6, 6.07) is 9.31. The number of hydrogen-bond acceptors (Lipinski definition) is 5. The Bertz CT molecular complexity index is 910. The lowest BCUT2D eigenvalue weighted by atomic mass is 9.99. The molecule has 3 rings (SSSR count). The molecule has 6 nitrogen and oxygen atoms in total. The highest BCUT2D eigenvalue weighted by Crippen LogP contribution is 2.26. The van der Waals surface area contributed by atoms with Crippen LogP contribution in [0.25, 0.3) is 0 Å². The van der Waals surface area contributed by atoms with Crippen LogP contribution in [0.5, 0.6) is 5.75 Å². The fourth-order valence-corrected chi connectivity index (χ4v) is 6.02. The summed E-state index contributed by atoms with van der Waals surface area (Å²) < 4.78 is 32.8. The molecule has 1 atom stereocenters. The number of rotatable bonds is 7. The molecule has 0 unspecified atom stereocenters. The normalized spacial score (nSPS) is 18.0. The van der Waals surface area contributed by atoms with Gasteiger partial charge in [-0.25, -0.2) is 8.42 Å². The molecule has 8 heteroatoms. The number of aryl methyl sites for hydroxylation is 2. The molecule has 1 aliphatic heterocycles. The standard InChI is InChI=1S/C20H26N2O4S2/c1-15-7-8-18(16(2)13-15)26-11-9-21-20(23)17-5-3-10-22(14-17)28(24,25)19-6-4-12-27-19/h4,6-8,12-13,17H,3,5,9-11,14H2,1-2H3,(H,21,23)/t17-/m1/s1. The van der Waals surface area contributed by atoms with Crippen molar-refractivity contribution >= 4 is 27.3 Å². The Balaban J connectivity index is 1.49. The van der Waals surface area contributed by atoms with Gasteiger partial charge in [0.2, 0.25) is 5.91 Å². The lowest BCUT2D eigenvalue weighted by Gasteiger charge is -2.30. The number of nitrogens with zero attached hydrogens (tertiary/aromatic N) is 1. The third-order valence-corrected chi connectivity index (χ3v) is 8.07. The van der Waals surface area contributed by atoms with E-state index in [1.165, 1.54) is 21.2 Å². The molecule has 0 spiro atoms. The first-order valence-corrected chi connectivity index (χ1v) is 11.7. The number of amides is 1. The van der Waals surface area contributed by atoms with Crippen LogP contribution in [0.4, 0.5) is 0 Å². The van der Waals surface area contributed by atoms with E-state index in [2.05, 4.69) is 11.4 Å². The number of carbonyl (C=O) groups excluding carboxylic acids is 1. The average Bonchev–Trinajstić information content (AvgIpc) is 3.22. The topological polar surface area (TPSA) is 75.7 Å². The van der Waals surface area contributed by atoms with Gasteiger partial charge in [-0.15, -0.1) is 11.3 Å². The van der Waals surface area contributed by atoms with Crippen LogP contribution in [0.3, 0.4) is 0 Å². The fraction of sp³-hybridized carbons (Fsp3) is 0.450. The van der Waals surface area contributed by atoms with Crippen LogP contribution in [0, 0.1) is 19.8 Å². The van der Waals surface area contributed by atoms with E-state index in [9.17, 15) is 13.2 Å². The Morgan fingerprint density at radius 2 is 2.14 bits per heavy atom. The summed E-state index contributed by atoms with van der Waals surface area (Å²) in [5.41, 5.74) is 2.24. The van der Waals surface area contributed by atoms with Gasteiger partial charge in [0, 0.05) is 13.1 Å². The van der Waals surface area contributed by atoms with Crippen LogP contribution in [0.15, 0.2) is 39.9 Å². The molecule has 2 aromatic rings. The summed E-state index contributed by atoms with van der Waals surface area (Å²) in [6.07, 6.45) is 1.38. The summed E-state index contributed by atoms with van der Waals surface area (Å²) in [5, 5.41) is 4.62. The van der Waals surface area contributed by atoms with Gasteiger partial charge in [0.25, 0.3) is 10.0 Å². The highest BCUT2D eigenvalue weighted by molar-refractivity contribution is 7.91. The summed E-state index contributed by atoms with van der Waals surface area (Å²) in [4.78, 5) is 12.5. The first-order valence-electron chi connectivity index (χ1n) is 9.39. The number of hydrogen-bond donors (Lipinski definition) is 1. The van der Waals surface area contributed by atoms with Crippen LogP contribution >= 0.6 is 11.3 Å². The average molecular weight is 423 g/mol. The Hall–Kier alpha value is -1.90. The van der Waals surface area contributed by atoms with Crippen molar-refractivity contribution in [3.63, 3.8) is 0 Å². The van der Waals surface area contributed by atoms with E-state index in [0.717, 1.165) is 11.3 Å². The third kappa shape index (κ3) is 4.92. The monoisotopic (exact) mass is 422 g/mol.